The highest BCUT2D eigenvalue weighted by Crippen LogP contribution is 2.21. The van der Waals surface area contributed by atoms with Crippen LogP contribution in [0.5, 0.6) is 0 Å². The van der Waals surface area contributed by atoms with Crippen molar-refractivity contribution in [3.05, 3.63) is 29.3 Å². The zero-order valence-corrected chi connectivity index (χ0v) is 14.3. The van der Waals surface area contributed by atoms with Gasteiger partial charge in [-0.25, -0.2) is 0 Å². The van der Waals surface area contributed by atoms with Crippen LogP contribution in [0.3, 0.4) is 0 Å². The topological polar surface area (TPSA) is 55.1 Å². The summed E-state index contributed by atoms with van der Waals surface area (Å²) in [5.74, 6) is -0.0254. The van der Waals surface area contributed by atoms with E-state index < -0.39 is 0 Å². The minimum Gasteiger partial charge on any atom is -0.345 e. The van der Waals surface area contributed by atoms with Crippen molar-refractivity contribution in [2.75, 3.05) is 12.8 Å². The molecule has 3 N–H and O–H groups in total. The van der Waals surface area contributed by atoms with Gasteiger partial charge >= 0.3 is 0 Å². The predicted octanol–water partition coefficient (Wildman–Crippen LogP) is 3.39. The van der Waals surface area contributed by atoms with Crippen molar-refractivity contribution in [2.24, 2.45) is 5.73 Å². The van der Waals surface area contributed by atoms with E-state index in [4.69, 9.17) is 5.73 Å². The van der Waals surface area contributed by atoms with Crippen molar-refractivity contribution in [3.63, 3.8) is 0 Å². The fraction of sp³-hybridized carbons (Fsp3) is 0.533. The average molecular weight is 317 g/mol. The molecule has 0 unspecified atom stereocenters. The Morgan fingerprint density at radius 3 is 2.40 bits per heavy atom. The highest BCUT2D eigenvalue weighted by atomic mass is 35.5. The Hall–Kier alpha value is -0.710. The second-order valence-electron chi connectivity index (χ2n) is 4.83. The SMILES string of the molecule is CCC(CC)(CN)NC(=O)c1cc(SC)ccc1C.Cl. The van der Waals surface area contributed by atoms with Crippen LogP contribution in [-0.4, -0.2) is 24.2 Å². The molecule has 5 heteroatoms. The Kier molecular flexibility index (Phi) is 8.25. The van der Waals surface area contributed by atoms with E-state index in [2.05, 4.69) is 19.2 Å². The van der Waals surface area contributed by atoms with Gasteiger partial charge in [-0.2, -0.15) is 0 Å². The van der Waals surface area contributed by atoms with Gasteiger partial charge in [-0.3, -0.25) is 4.79 Å². The molecular formula is C15H25ClN2OS. The van der Waals surface area contributed by atoms with Crippen LogP contribution in [0.4, 0.5) is 0 Å². The number of benzene rings is 1. The molecule has 0 saturated carbocycles. The number of hydrogen-bond acceptors (Lipinski definition) is 3. The third-order valence-electron chi connectivity index (χ3n) is 3.81. The summed E-state index contributed by atoms with van der Waals surface area (Å²) in [6, 6.07) is 5.97. The van der Waals surface area contributed by atoms with E-state index >= 15 is 0 Å². The van der Waals surface area contributed by atoms with E-state index in [1.54, 1.807) is 11.8 Å². The van der Waals surface area contributed by atoms with Crippen LogP contribution in [0.15, 0.2) is 23.1 Å². The fourth-order valence-electron chi connectivity index (χ4n) is 2.05. The molecule has 114 valence electrons. The van der Waals surface area contributed by atoms with Gasteiger partial charge in [0.1, 0.15) is 0 Å². The molecule has 1 aromatic rings. The zero-order valence-electron chi connectivity index (χ0n) is 12.7. The van der Waals surface area contributed by atoms with Gasteiger partial charge in [0.05, 0.1) is 5.54 Å². The lowest BCUT2D eigenvalue weighted by Crippen LogP contribution is -2.53. The van der Waals surface area contributed by atoms with Crippen LogP contribution in [0, 0.1) is 6.92 Å². The molecule has 0 aromatic heterocycles. The number of rotatable bonds is 6. The summed E-state index contributed by atoms with van der Waals surface area (Å²) in [6.45, 7) is 6.54. The number of nitrogens with one attached hydrogen (secondary N) is 1. The first-order chi connectivity index (χ1) is 9.01. The van der Waals surface area contributed by atoms with E-state index in [0.29, 0.717) is 6.54 Å². The van der Waals surface area contributed by atoms with Gasteiger partial charge in [0.25, 0.3) is 5.91 Å². The molecule has 0 aliphatic rings. The van der Waals surface area contributed by atoms with Crippen LogP contribution in [0.1, 0.15) is 42.6 Å². The van der Waals surface area contributed by atoms with Crippen molar-refractivity contribution in [3.8, 4) is 0 Å². The number of aryl methyl sites for hydroxylation is 1. The number of carbonyl (C=O) groups excluding carboxylic acids is 1. The lowest BCUT2D eigenvalue weighted by atomic mass is 9.92. The molecule has 1 aromatic carbocycles. The van der Waals surface area contributed by atoms with Crippen molar-refractivity contribution in [2.45, 2.75) is 44.0 Å². The second-order valence-corrected chi connectivity index (χ2v) is 5.71. The van der Waals surface area contributed by atoms with Crippen molar-refractivity contribution < 1.29 is 4.79 Å². The Labute approximate surface area is 132 Å². The van der Waals surface area contributed by atoms with Crippen LogP contribution in [-0.2, 0) is 0 Å². The van der Waals surface area contributed by atoms with Gasteiger partial charge in [-0.05, 0) is 43.7 Å². The molecule has 3 nitrogen and oxygen atoms in total. The number of halogens is 1. The molecule has 0 fully saturated rings. The minimum absolute atomic E-state index is 0. The predicted molar refractivity (Wildman–Crippen MR) is 90.0 cm³/mol. The molecule has 0 radical (unpaired) electrons. The molecule has 0 saturated heterocycles. The summed E-state index contributed by atoms with van der Waals surface area (Å²) in [4.78, 5) is 13.5. The van der Waals surface area contributed by atoms with Gasteiger partial charge < -0.3 is 11.1 Å². The summed E-state index contributed by atoms with van der Waals surface area (Å²) in [5.41, 5.74) is 7.27. The minimum atomic E-state index is -0.293. The number of nitrogens with two attached hydrogens (primary N) is 1. The summed E-state index contributed by atoms with van der Waals surface area (Å²) in [7, 11) is 0. The molecule has 1 rings (SSSR count). The van der Waals surface area contributed by atoms with E-state index in [1.807, 2.05) is 31.4 Å². The highest BCUT2D eigenvalue weighted by molar-refractivity contribution is 7.98. The molecule has 0 aliphatic carbocycles. The van der Waals surface area contributed by atoms with Crippen LogP contribution >= 0.6 is 24.2 Å². The number of thioether (sulfide) groups is 1. The lowest BCUT2D eigenvalue weighted by Gasteiger charge is -2.31. The van der Waals surface area contributed by atoms with Crippen LogP contribution in [0.25, 0.3) is 0 Å². The molecule has 20 heavy (non-hydrogen) atoms. The normalized spacial score (nSPS) is 10.8. The zero-order chi connectivity index (χ0) is 14.5. The van der Waals surface area contributed by atoms with E-state index in [-0.39, 0.29) is 23.9 Å². The Morgan fingerprint density at radius 2 is 1.95 bits per heavy atom. The molecule has 0 heterocycles. The number of hydrogen-bond donors (Lipinski definition) is 2. The van der Waals surface area contributed by atoms with Crippen molar-refractivity contribution >= 4 is 30.1 Å². The van der Waals surface area contributed by atoms with E-state index in [9.17, 15) is 4.79 Å². The average Bonchev–Trinajstić information content (AvgIpc) is 2.45. The number of amides is 1. The monoisotopic (exact) mass is 316 g/mol. The van der Waals surface area contributed by atoms with Gasteiger partial charge in [-0.1, -0.05) is 19.9 Å². The van der Waals surface area contributed by atoms with Gasteiger partial charge in [0.15, 0.2) is 0 Å². The fourth-order valence-corrected chi connectivity index (χ4v) is 2.49. The summed E-state index contributed by atoms with van der Waals surface area (Å²) in [5, 5.41) is 3.11. The maximum Gasteiger partial charge on any atom is 0.252 e. The quantitative estimate of drug-likeness (QED) is 0.791. The standard InChI is InChI=1S/C15H24N2OS.ClH/c1-5-15(6-2,10-16)17-14(18)13-9-12(19-4)8-7-11(13)3;/h7-9H,5-6,10,16H2,1-4H3,(H,17,18);1H. The van der Waals surface area contributed by atoms with E-state index in [1.165, 1.54) is 0 Å². The Bertz CT molecular complexity index is 439. The third kappa shape index (κ3) is 4.40. The molecular weight excluding hydrogens is 292 g/mol. The first-order valence-electron chi connectivity index (χ1n) is 6.69. The molecule has 0 aliphatic heterocycles. The lowest BCUT2D eigenvalue weighted by molar-refractivity contribution is 0.0894. The van der Waals surface area contributed by atoms with Crippen LogP contribution in [0.2, 0.25) is 0 Å². The third-order valence-corrected chi connectivity index (χ3v) is 4.54. The largest absolute Gasteiger partial charge is 0.345 e. The Morgan fingerprint density at radius 1 is 1.35 bits per heavy atom. The smallest absolute Gasteiger partial charge is 0.252 e. The first-order valence-corrected chi connectivity index (χ1v) is 7.91. The summed E-state index contributed by atoms with van der Waals surface area (Å²) < 4.78 is 0. The summed E-state index contributed by atoms with van der Waals surface area (Å²) >= 11 is 1.64. The van der Waals surface area contributed by atoms with Crippen LogP contribution < -0.4 is 11.1 Å². The van der Waals surface area contributed by atoms with Gasteiger partial charge in [0.2, 0.25) is 0 Å². The maximum atomic E-state index is 12.5. The molecule has 0 bridgehead atoms. The van der Waals surface area contributed by atoms with Crippen molar-refractivity contribution in [1.82, 2.24) is 5.32 Å². The van der Waals surface area contributed by atoms with Crippen molar-refractivity contribution in [1.29, 1.82) is 0 Å². The first kappa shape index (κ1) is 19.3. The molecule has 0 spiro atoms. The van der Waals surface area contributed by atoms with Gasteiger partial charge in [-0.15, -0.1) is 24.2 Å². The highest BCUT2D eigenvalue weighted by Gasteiger charge is 2.27. The second kappa shape index (κ2) is 8.55. The summed E-state index contributed by atoms with van der Waals surface area (Å²) in [6.07, 6.45) is 3.69. The van der Waals surface area contributed by atoms with E-state index in [0.717, 1.165) is 28.9 Å². The molecule has 0 atom stereocenters. The number of carbonyl (C=O) groups is 1. The van der Waals surface area contributed by atoms with Gasteiger partial charge in [0, 0.05) is 17.0 Å². The maximum absolute atomic E-state index is 12.5. The molecule has 1 amide bonds. The Balaban J connectivity index is 0.00000361.